The molecule has 0 radical (unpaired) electrons. The van der Waals surface area contributed by atoms with Crippen LogP contribution in [0.2, 0.25) is 0 Å². The smallest absolute Gasteiger partial charge is 0.00719 e. The Kier molecular flexibility index (Phi) is 15.3. The largest absolute Gasteiger partial charge is 0.126 e. The molecule has 0 saturated carbocycles. The molecule has 1 aromatic rings. The Morgan fingerprint density at radius 1 is 0.783 bits per heavy atom. The van der Waals surface area contributed by atoms with Gasteiger partial charge in [0.2, 0.25) is 0 Å². The summed E-state index contributed by atoms with van der Waals surface area (Å²) in [5, 5.41) is 0. The summed E-state index contributed by atoms with van der Waals surface area (Å²) in [6.07, 6.45) is 9.36. The standard InChI is InChI=1S/C10H14S.C8H21O3P/c1-2-3-9-11-10-7-5-4-6-8-10;1-2-3-4-5-6-7-8-12(9,10)11/h4-8H,2-3,9H2,1H3;9-12H,2-8H2,1H3. The maximum Gasteiger partial charge on any atom is 0.00719 e. The van der Waals surface area contributed by atoms with E-state index in [2.05, 4.69) is 44.2 Å². The van der Waals surface area contributed by atoms with Crippen molar-refractivity contribution >= 4 is 19.7 Å². The predicted molar refractivity (Wildman–Crippen MR) is 105 cm³/mol. The Balaban J connectivity index is 0.000000422. The number of hydrogen-bond acceptors (Lipinski definition) is 4. The van der Waals surface area contributed by atoms with Crippen molar-refractivity contribution in [3.05, 3.63) is 30.3 Å². The van der Waals surface area contributed by atoms with E-state index in [1.807, 2.05) is 11.8 Å². The van der Waals surface area contributed by atoms with Gasteiger partial charge in [-0.3, -0.25) is 0 Å². The van der Waals surface area contributed by atoms with Crippen LogP contribution in [0.5, 0.6) is 0 Å². The summed E-state index contributed by atoms with van der Waals surface area (Å²) >= 11 is 1.94. The summed E-state index contributed by atoms with van der Waals surface area (Å²) in [6.45, 7) is 4.39. The zero-order valence-corrected chi connectivity index (χ0v) is 16.5. The first-order valence-corrected chi connectivity index (χ1v) is 11.9. The van der Waals surface area contributed by atoms with E-state index in [1.54, 1.807) is 0 Å². The van der Waals surface area contributed by atoms with Gasteiger partial charge in [-0.2, -0.15) is 0 Å². The van der Waals surface area contributed by atoms with E-state index in [4.69, 9.17) is 14.7 Å². The second-order valence-electron chi connectivity index (χ2n) is 5.81. The molecule has 0 aliphatic heterocycles. The zero-order valence-electron chi connectivity index (χ0n) is 14.7. The summed E-state index contributed by atoms with van der Waals surface area (Å²) in [4.78, 5) is 27.4. The van der Waals surface area contributed by atoms with Gasteiger partial charge in [-0.25, -0.2) is 0 Å². The molecule has 0 fully saturated rings. The molecular weight excluding hydrogens is 327 g/mol. The molecule has 0 heterocycles. The molecule has 0 unspecified atom stereocenters. The van der Waals surface area contributed by atoms with Crippen molar-refractivity contribution in [2.75, 3.05) is 11.9 Å². The molecule has 0 aromatic heterocycles. The third-order valence-electron chi connectivity index (χ3n) is 3.38. The molecule has 0 saturated heterocycles. The quantitative estimate of drug-likeness (QED) is 0.280. The second kappa shape index (κ2) is 15.4. The summed E-state index contributed by atoms with van der Waals surface area (Å²) in [5.74, 6) is 1.25. The number of hydrogen-bond donors (Lipinski definition) is 3. The number of rotatable bonds is 11. The van der Waals surface area contributed by atoms with Gasteiger partial charge in [0, 0.05) is 4.90 Å². The Morgan fingerprint density at radius 2 is 1.35 bits per heavy atom. The second-order valence-corrected chi connectivity index (χ2v) is 9.02. The number of benzene rings is 1. The van der Waals surface area contributed by atoms with Crippen molar-refractivity contribution in [1.82, 2.24) is 0 Å². The van der Waals surface area contributed by atoms with Crippen molar-refractivity contribution in [2.24, 2.45) is 0 Å². The number of thioether (sulfide) groups is 1. The third-order valence-corrected chi connectivity index (χ3v) is 5.50. The maximum atomic E-state index is 8.67. The van der Waals surface area contributed by atoms with Crippen LogP contribution in [0.15, 0.2) is 35.2 Å². The fourth-order valence-corrected chi connectivity index (χ4v) is 3.74. The van der Waals surface area contributed by atoms with Gasteiger partial charge in [0.25, 0.3) is 0 Å². The molecule has 0 bridgehead atoms. The Hall–Kier alpha value is -0.120. The van der Waals surface area contributed by atoms with Crippen molar-refractivity contribution in [1.29, 1.82) is 0 Å². The van der Waals surface area contributed by atoms with Crippen LogP contribution < -0.4 is 0 Å². The van der Waals surface area contributed by atoms with Crippen LogP contribution in [0.3, 0.4) is 0 Å². The molecular formula is C18H35O3PS. The molecule has 0 aliphatic rings. The van der Waals surface area contributed by atoms with Gasteiger partial charge in [0.1, 0.15) is 0 Å². The molecule has 0 aliphatic carbocycles. The summed E-state index contributed by atoms with van der Waals surface area (Å²) in [5.41, 5.74) is 0. The maximum absolute atomic E-state index is 8.67. The van der Waals surface area contributed by atoms with Crippen LogP contribution in [-0.4, -0.2) is 26.6 Å². The van der Waals surface area contributed by atoms with E-state index < -0.39 is 7.94 Å². The van der Waals surface area contributed by atoms with Crippen LogP contribution in [0.25, 0.3) is 0 Å². The Morgan fingerprint density at radius 3 is 1.91 bits per heavy atom. The minimum atomic E-state index is -3.73. The van der Waals surface area contributed by atoms with Gasteiger partial charge in [-0.15, -0.1) is 11.8 Å². The predicted octanol–water partition coefficient (Wildman–Crippen LogP) is 5.40. The van der Waals surface area contributed by atoms with E-state index in [0.717, 1.165) is 19.3 Å². The number of unbranched alkanes of at least 4 members (excludes halogenated alkanes) is 6. The first-order chi connectivity index (χ1) is 11.0. The molecule has 1 aromatic carbocycles. The van der Waals surface area contributed by atoms with Gasteiger partial charge >= 0.3 is 74.2 Å². The van der Waals surface area contributed by atoms with Gasteiger partial charge in [-0.1, -0.05) is 31.5 Å². The summed E-state index contributed by atoms with van der Waals surface area (Å²) in [7, 11) is -3.73. The van der Waals surface area contributed by atoms with Crippen LogP contribution in [0, 0.1) is 0 Å². The van der Waals surface area contributed by atoms with Crippen LogP contribution in [0.4, 0.5) is 0 Å². The van der Waals surface area contributed by atoms with Crippen LogP contribution >= 0.6 is 19.7 Å². The van der Waals surface area contributed by atoms with E-state index in [9.17, 15) is 0 Å². The Bertz CT molecular complexity index is 355. The van der Waals surface area contributed by atoms with E-state index in [-0.39, 0.29) is 6.16 Å². The molecule has 3 N–H and O–H groups in total. The molecule has 0 spiro atoms. The average molecular weight is 363 g/mol. The first kappa shape index (κ1) is 22.9. The van der Waals surface area contributed by atoms with Crippen molar-refractivity contribution in [3.63, 3.8) is 0 Å². The van der Waals surface area contributed by atoms with Crippen LogP contribution in [-0.2, 0) is 0 Å². The van der Waals surface area contributed by atoms with E-state index in [0.29, 0.717) is 0 Å². The fourth-order valence-electron chi connectivity index (χ4n) is 1.99. The van der Waals surface area contributed by atoms with Crippen molar-refractivity contribution in [3.8, 4) is 0 Å². The summed E-state index contributed by atoms with van der Waals surface area (Å²) < 4.78 is 0. The minimum Gasteiger partial charge on any atom is -0.126 e. The van der Waals surface area contributed by atoms with E-state index in [1.165, 1.54) is 42.8 Å². The third kappa shape index (κ3) is 18.1. The normalized spacial score (nSPS) is 11.7. The topological polar surface area (TPSA) is 60.7 Å². The average Bonchev–Trinajstić information content (AvgIpc) is 2.52. The molecule has 1 rings (SSSR count). The summed E-state index contributed by atoms with van der Waals surface area (Å²) in [6, 6.07) is 10.6. The molecule has 5 heteroatoms. The monoisotopic (exact) mass is 362 g/mol. The molecule has 3 nitrogen and oxygen atoms in total. The fraction of sp³-hybridized carbons (Fsp3) is 0.667. The molecule has 0 amide bonds. The van der Waals surface area contributed by atoms with Gasteiger partial charge < -0.3 is 0 Å². The zero-order chi connectivity index (χ0) is 17.4. The van der Waals surface area contributed by atoms with Gasteiger partial charge in [-0.05, 0) is 24.3 Å². The molecule has 23 heavy (non-hydrogen) atoms. The van der Waals surface area contributed by atoms with Crippen LogP contribution in [0.1, 0.15) is 65.2 Å². The van der Waals surface area contributed by atoms with Crippen molar-refractivity contribution in [2.45, 2.75) is 70.1 Å². The Labute approximate surface area is 147 Å². The molecule has 0 atom stereocenters. The van der Waals surface area contributed by atoms with E-state index >= 15 is 0 Å². The SMILES string of the molecule is CCCCCCCC[PH](O)(O)O.CCCCSc1ccccc1. The first-order valence-electron chi connectivity index (χ1n) is 8.84. The van der Waals surface area contributed by atoms with Gasteiger partial charge in [0.15, 0.2) is 0 Å². The van der Waals surface area contributed by atoms with Gasteiger partial charge in [0.05, 0.1) is 0 Å². The molecule has 136 valence electrons. The van der Waals surface area contributed by atoms with Crippen molar-refractivity contribution < 1.29 is 14.7 Å². The minimum absolute atomic E-state index is 0.194.